The van der Waals surface area contributed by atoms with Gasteiger partial charge >= 0.3 is 6.09 Å². The van der Waals surface area contributed by atoms with Crippen molar-refractivity contribution in [2.24, 2.45) is 0 Å². The molecule has 0 saturated carbocycles. The fourth-order valence-corrected chi connectivity index (χ4v) is 2.78. The molecule has 0 aliphatic carbocycles. The Hall–Kier alpha value is -0.910. The van der Waals surface area contributed by atoms with Gasteiger partial charge in [-0.2, -0.15) is 0 Å². The molecule has 1 amide bonds. The van der Waals surface area contributed by atoms with E-state index in [1.165, 1.54) is 4.90 Å². The number of ether oxygens (including phenoxy) is 1. The van der Waals surface area contributed by atoms with E-state index in [1.807, 2.05) is 0 Å². The van der Waals surface area contributed by atoms with Crippen molar-refractivity contribution in [2.75, 3.05) is 19.6 Å². The lowest BCUT2D eigenvalue weighted by atomic mass is 9.84. The van der Waals surface area contributed by atoms with Crippen molar-refractivity contribution >= 4 is 6.09 Å². The van der Waals surface area contributed by atoms with Crippen LogP contribution >= 0.6 is 0 Å². The average Bonchev–Trinajstić information content (AvgIpc) is 2.69. The summed E-state index contributed by atoms with van der Waals surface area (Å²) in [5, 5.41) is 3.16. The third-order valence-electron chi connectivity index (χ3n) is 3.75. The number of carbonyl (C=O) groups excluding carboxylic acids is 1. The van der Waals surface area contributed by atoms with Gasteiger partial charge in [-0.05, 0) is 40.2 Å². The first kappa shape index (κ1) is 14.5. The van der Waals surface area contributed by atoms with Crippen molar-refractivity contribution in [1.82, 2.24) is 10.2 Å². The first-order valence-electron chi connectivity index (χ1n) is 6.73. The smallest absolute Gasteiger partial charge is 0.411 e. The summed E-state index contributed by atoms with van der Waals surface area (Å²) in [4.78, 5) is 13.5. The number of alkyl halides is 2. The van der Waals surface area contributed by atoms with Gasteiger partial charge in [-0.15, -0.1) is 0 Å². The lowest BCUT2D eigenvalue weighted by molar-refractivity contribution is -0.107. The van der Waals surface area contributed by atoms with E-state index in [0.717, 1.165) is 6.54 Å². The van der Waals surface area contributed by atoms with Crippen LogP contribution in [0.5, 0.6) is 0 Å². The minimum atomic E-state index is -2.81. The van der Waals surface area contributed by atoms with Crippen LogP contribution in [-0.4, -0.2) is 47.7 Å². The van der Waals surface area contributed by atoms with E-state index in [0.29, 0.717) is 19.4 Å². The lowest BCUT2D eigenvalue weighted by Crippen LogP contribution is -2.61. The molecular weight excluding hydrogens is 254 g/mol. The molecule has 2 aliphatic heterocycles. The number of likely N-dealkylation sites (tertiary alicyclic amines) is 1. The normalized spacial score (nSPS) is 30.7. The highest BCUT2D eigenvalue weighted by atomic mass is 19.3. The lowest BCUT2D eigenvalue weighted by Gasteiger charge is -2.46. The minimum Gasteiger partial charge on any atom is -0.444 e. The van der Waals surface area contributed by atoms with E-state index in [4.69, 9.17) is 4.74 Å². The number of hydrogen-bond donors (Lipinski definition) is 1. The highest BCUT2D eigenvalue weighted by Crippen LogP contribution is 2.40. The summed E-state index contributed by atoms with van der Waals surface area (Å²) in [6, 6.07) is 0. The summed E-state index contributed by atoms with van der Waals surface area (Å²) < 4.78 is 32.5. The van der Waals surface area contributed by atoms with E-state index in [2.05, 4.69) is 5.32 Å². The van der Waals surface area contributed by atoms with Crippen LogP contribution in [0.4, 0.5) is 13.6 Å². The maximum Gasteiger partial charge on any atom is 0.411 e. The van der Waals surface area contributed by atoms with Crippen molar-refractivity contribution in [1.29, 1.82) is 0 Å². The number of nitrogens with one attached hydrogen (secondary N) is 1. The molecule has 1 N–H and O–H groups in total. The van der Waals surface area contributed by atoms with E-state index in [9.17, 15) is 13.6 Å². The monoisotopic (exact) mass is 276 g/mol. The number of piperidine rings is 1. The van der Waals surface area contributed by atoms with Gasteiger partial charge in [0.15, 0.2) is 0 Å². The number of rotatable bonds is 0. The van der Waals surface area contributed by atoms with Crippen molar-refractivity contribution in [3.63, 3.8) is 0 Å². The maximum absolute atomic E-state index is 13.6. The van der Waals surface area contributed by atoms with Crippen LogP contribution in [0.1, 0.15) is 40.0 Å². The van der Waals surface area contributed by atoms with Gasteiger partial charge in [-0.25, -0.2) is 13.6 Å². The third kappa shape index (κ3) is 3.16. The Morgan fingerprint density at radius 1 is 1.26 bits per heavy atom. The second kappa shape index (κ2) is 4.58. The molecule has 110 valence electrons. The van der Waals surface area contributed by atoms with Gasteiger partial charge in [0.2, 0.25) is 0 Å². The summed E-state index contributed by atoms with van der Waals surface area (Å²) in [5.74, 6) is -2.81. The molecule has 19 heavy (non-hydrogen) atoms. The molecule has 1 atom stereocenters. The summed E-state index contributed by atoms with van der Waals surface area (Å²) in [6.07, 6.45) is 0.248. The van der Waals surface area contributed by atoms with Crippen LogP contribution in [0.25, 0.3) is 0 Å². The largest absolute Gasteiger partial charge is 0.444 e. The van der Waals surface area contributed by atoms with Gasteiger partial charge in [-0.3, -0.25) is 4.90 Å². The third-order valence-corrected chi connectivity index (χ3v) is 3.75. The predicted molar refractivity (Wildman–Crippen MR) is 67.3 cm³/mol. The van der Waals surface area contributed by atoms with E-state index in [-0.39, 0.29) is 6.42 Å². The Labute approximate surface area is 112 Å². The molecule has 2 fully saturated rings. The van der Waals surface area contributed by atoms with Gasteiger partial charge in [0.25, 0.3) is 5.92 Å². The van der Waals surface area contributed by atoms with Crippen LogP contribution in [0.3, 0.4) is 0 Å². The fraction of sp³-hybridized carbons (Fsp3) is 0.923. The molecule has 2 aliphatic rings. The van der Waals surface area contributed by atoms with Crippen molar-refractivity contribution < 1.29 is 18.3 Å². The molecule has 0 bridgehead atoms. The standard InChI is InChI=1S/C13H22F2N2O2/c1-11(2,3)19-10(18)17-9-13(14,15)5-4-12(17)6-7-16-8-12/h16H,4-9H2,1-3H3. The number of carbonyl (C=O) groups is 1. The Bertz CT molecular complexity index is 360. The Morgan fingerprint density at radius 3 is 2.47 bits per heavy atom. The molecular formula is C13H22F2N2O2. The summed E-state index contributed by atoms with van der Waals surface area (Å²) in [6.45, 7) is 6.02. The molecule has 2 heterocycles. The summed E-state index contributed by atoms with van der Waals surface area (Å²) in [7, 11) is 0. The molecule has 2 saturated heterocycles. The van der Waals surface area contributed by atoms with Crippen LogP contribution in [0.15, 0.2) is 0 Å². The Morgan fingerprint density at radius 2 is 1.95 bits per heavy atom. The number of halogens is 2. The number of hydrogen-bond acceptors (Lipinski definition) is 3. The fourth-order valence-electron chi connectivity index (χ4n) is 2.78. The SMILES string of the molecule is CC(C)(C)OC(=O)N1CC(F)(F)CCC12CCNC2. The molecule has 1 spiro atoms. The van der Waals surface area contributed by atoms with Crippen LogP contribution in [-0.2, 0) is 4.74 Å². The van der Waals surface area contributed by atoms with E-state index < -0.39 is 29.7 Å². The topological polar surface area (TPSA) is 41.6 Å². The average molecular weight is 276 g/mol. The molecule has 4 nitrogen and oxygen atoms in total. The molecule has 0 aromatic carbocycles. The number of nitrogens with zero attached hydrogens (tertiary/aromatic N) is 1. The van der Waals surface area contributed by atoms with Gasteiger partial charge in [0.05, 0.1) is 12.1 Å². The van der Waals surface area contributed by atoms with Gasteiger partial charge in [-0.1, -0.05) is 0 Å². The zero-order chi connectivity index (χ0) is 14.3. The zero-order valence-corrected chi connectivity index (χ0v) is 11.8. The van der Waals surface area contributed by atoms with E-state index in [1.54, 1.807) is 20.8 Å². The van der Waals surface area contributed by atoms with Gasteiger partial charge in [0.1, 0.15) is 5.60 Å². The van der Waals surface area contributed by atoms with Crippen LogP contribution in [0, 0.1) is 0 Å². The van der Waals surface area contributed by atoms with E-state index >= 15 is 0 Å². The zero-order valence-electron chi connectivity index (χ0n) is 11.8. The highest BCUT2D eigenvalue weighted by molar-refractivity contribution is 5.69. The molecule has 2 rings (SSSR count). The second-order valence-corrected chi connectivity index (χ2v) is 6.57. The quantitative estimate of drug-likeness (QED) is 0.738. The molecule has 0 aromatic rings. The van der Waals surface area contributed by atoms with Crippen LogP contribution < -0.4 is 5.32 Å². The van der Waals surface area contributed by atoms with Crippen molar-refractivity contribution in [2.45, 2.75) is 57.1 Å². The Kier molecular flexibility index (Phi) is 3.49. The highest BCUT2D eigenvalue weighted by Gasteiger charge is 2.52. The maximum atomic E-state index is 13.6. The molecule has 1 unspecified atom stereocenters. The van der Waals surface area contributed by atoms with Crippen LogP contribution in [0.2, 0.25) is 0 Å². The molecule has 0 radical (unpaired) electrons. The minimum absolute atomic E-state index is 0.159. The summed E-state index contributed by atoms with van der Waals surface area (Å²) in [5.41, 5.74) is -1.17. The second-order valence-electron chi connectivity index (χ2n) is 6.57. The predicted octanol–water partition coefficient (Wildman–Crippen LogP) is 2.38. The molecule has 0 aromatic heterocycles. The first-order valence-corrected chi connectivity index (χ1v) is 6.73. The van der Waals surface area contributed by atoms with Crippen molar-refractivity contribution in [3.8, 4) is 0 Å². The van der Waals surface area contributed by atoms with Crippen molar-refractivity contribution in [3.05, 3.63) is 0 Å². The van der Waals surface area contributed by atoms with Gasteiger partial charge in [0, 0.05) is 13.0 Å². The number of amides is 1. The Balaban J connectivity index is 2.18. The first-order chi connectivity index (χ1) is 8.64. The van der Waals surface area contributed by atoms with Gasteiger partial charge < -0.3 is 10.1 Å². The molecule has 6 heteroatoms. The summed E-state index contributed by atoms with van der Waals surface area (Å²) >= 11 is 0.